The molecule has 5 nitrogen and oxygen atoms in total. The number of hydrogen-bond acceptors (Lipinski definition) is 6. The number of fused-ring (bicyclic) bond motifs is 2. The van der Waals surface area contributed by atoms with Gasteiger partial charge in [0.1, 0.15) is 11.8 Å². The summed E-state index contributed by atoms with van der Waals surface area (Å²) in [5.41, 5.74) is 0.978. The number of aliphatic hydroxyl groups is 1. The molecule has 1 aromatic rings. The predicted molar refractivity (Wildman–Crippen MR) is 80.4 cm³/mol. The molecule has 0 spiro atoms. The molecule has 4 rings (SSSR count). The van der Waals surface area contributed by atoms with Crippen LogP contribution in [-0.4, -0.2) is 44.1 Å². The highest BCUT2D eigenvalue weighted by Gasteiger charge is 2.42. The molecular weight excluding hydrogens is 286 g/mol. The van der Waals surface area contributed by atoms with E-state index in [4.69, 9.17) is 4.74 Å². The number of aromatic nitrogens is 2. The first-order valence-corrected chi connectivity index (χ1v) is 8.62. The molecule has 2 fully saturated rings. The number of hydrogen-bond donors (Lipinski definition) is 1. The van der Waals surface area contributed by atoms with Gasteiger partial charge in [0.15, 0.2) is 0 Å². The van der Waals surface area contributed by atoms with Crippen molar-refractivity contribution in [2.24, 2.45) is 5.92 Å². The van der Waals surface area contributed by atoms with Gasteiger partial charge in [-0.25, -0.2) is 0 Å². The summed E-state index contributed by atoms with van der Waals surface area (Å²) in [5, 5.41) is 10.0. The second-order valence-corrected chi connectivity index (χ2v) is 6.87. The van der Waals surface area contributed by atoms with Crippen molar-refractivity contribution in [3.8, 4) is 5.88 Å². The minimum absolute atomic E-state index is 0.141. The summed E-state index contributed by atoms with van der Waals surface area (Å²) in [7, 11) is 0. The molecule has 0 radical (unpaired) electrons. The molecule has 1 N–H and O–H groups in total. The highest BCUT2D eigenvalue weighted by molar-refractivity contribution is 6.99. The van der Waals surface area contributed by atoms with Crippen molar-refractivity contribution < 1.29 is 9.84 Å². The molecule has 6 heteroatoms. The maximum absolute atomic E-state index is 10.0. The molecule has 2 aliphatic heterocycles. The number of rotatable bonds is 3. The van der Waals surface area contributed by atoms with Crippen molar-refractivity contribution >= 4 is 11.7 Å². The van der Waals surface area contributed by atoms with Crippen molar-refractivity contribution in [3.63, 3.8) is 0 Å². The van der Waals surface area contributed by atoms with Crippen LogP contribution in [0.1, 0.15) is 43.8 Å². The van der Waals surface area contributed by atoms with Crippen molar-refractivity contribution in [1.82, 2.24) is 13.6 Å². The second-order valence-electron chi connectivity index (χ2n) is 6.34. The zero-order chi connectivity index (χ0) is 14.2. The quantitative estimate of drug-likeness (QED) is 0.867. The van der Waals surface area contributed by atoms with Gasteiger partial charge in [-0.3, -0.25) is 4.90 Å². The molecule has 3 aliphatic rings. The summed E-state index contributed by atoms with van der Waals surface area (Å²) in [6.45, 7) is 1.74. The Balaban J connectivity index is 1.52. The Morgan fingerprint density at radius 1 is 1.24 bits per heavy atom. The van der Waals surface area contributed by atoms with Crippen LogP contribution in [0, 0.1) is 5.92 Å². The number of allylic oxidation sites excluding steroid dienone is 1. The van der Waals surface area contributed by atoms with E-state index in [0.29, 0.717) is 11.8 Å². The molecule has 2 bridgehead atoms. The van der Waals surface area contributed by atoms with Crippen LogP contribution >= 0.6 is 11.7 Å². The van der Waals surface area contributed by atoms with E-state index in [2.05, 4.69) is 25.8 Å². The Labute approximate surface area is 128 Å². The fraction of sp³-hybridized carbons (Fsp3) is 0.733. The van der Waals surface area contributed by atoms with Crippen molar-refractivity contribution in [3.05, 3.63) is 17.8 Å². The molecule has 21 heavy (non-hydrogen) atoms. The smallest absolute Gasteiger partial charge is 0.251 e. The van der Waals surface area contributed by atoms with Gasteiger partial charge in [0, 0.05) is 13.1 Å². The Morgan fingerprint density at radius 3 is 3.05 bits per heavy atom. The Morgan fingerprint density at radius 2 is 2.19 bits per heavy atom. The summed E-state index contributed by atoms with van der Waals surface area (Å²) in [6, 6.07) is 0.264. The Kier molecular flexibility index (Phi) is 3.69. The average molecular weight is 307 g/mol. The molecule has 3 heterocycles. The Bertz CT molecular complexity index is 531. The van der Waals surface area contributed by atoms with Gasteiger partial charge in [0.05, 0.1) is 23.9 Å². The lowest BCUT2D eigenvalue weighted by Gasteiger charge is -2.31. The molecule has 0 amide bonds. The lowest BCUT2D eigenvalue weighted by molar-refractivity contribution is 0.144. The van der Waals surface area contributed by atoms with Crippen molar-refractivity contribution in [2.45, 2.75) is 50.4 Å². The first-order valence-electron chi connectivity index (χ1n) is 7.89. The zero-order valence-electron chi connectivity index (χ0n) is 12.0. The van der Waals surface area contributed by atoms with E-state index < -0.39 is 0 Å². The molecule has 114 valence electrons. The highest BCUT2D eigenvalue weighted by Crippen LogP contribution is 2.41. The normalized spacial score (nSPS) is 38.6. The van der Waals surface area contributed by atoms with Crippen LogP contribution in [0.25, 0.3) is 0 Å². The molecule has 1 aliphatic carbocycles. The lowest BCUT2D eigenvalue weighted by Crippen LogP contribution is -2.31. The second kappa shape index (κ2) is 5.66. The fourth-order valence-corrected chi connectivity index (χ4v) is 4.32. The molecule has 0 aromatic carbocycles. The van der Waals surface area contributed by atoms with Gasteiger partial charge < -0.3 is 9.84 Å². The number of ether oxygens (including phenoxy) is 1. The minimum Gasteiger partial charge on any atom is -0.468 e. The van der Waals surface area contributed by atoms with Crippen LogP contribution < -0.4 is 4.74 Å². The summed E-state index contributed by atoms with van der Waals surface area (Å²) in [5.74, 6) is 1.15. The van der Waals surface area contributed by atoms with Gasteiger partial charge in [-0.2, -0.15) is 4.37 Å². The highest BCUT2D eigenvalue weighted by atomic mass is 32.1. The monoisotopic (exact) mass is 307 g/mol. The molecule has 2 saturated heterocycles. The molecule has 0 saturated carbocycles. The lowest BCUT2D eigenvalue weighted by atomic mass is 9.93. The van der Waals surface area contributed by atoms with Gasteiger partial charge in [-0.15, -0.1) is 4.37 Å². The van der Waals surface area contributed by atoms with Gasteiger partial charge in [-0.05, 0) is 44.1 Å². The summed E-state index contributed by atoms with van der Waals surface area (Å²) in [4.78, 5) is 2.35. The van der Waals surface area contributed by atoms with Crippen LogP contribution in [0.15, 0.2) is 12.2 Å². The third-order valence-corrected chi connectivity index (χ3v) is 5.48. The van der Waals surface area contributed by atoms with E-state index in [-0.39, 0.29) is 18.2 Å². The minimum atomic E-state index is -0.174. The Hall–Kier alpha value is -0.980. The summed E-state index contributed by atoms with van der Waals surface area (Å²) in [6.07, 6.45) is 9.80. The van der Waals surface area contributed by atoms with Crippen LogP contribution in [-0.2, 0) is 0 Å². The fourth-order valence-electron chi connectivity index (χ4n) is 3.78. The van der Waals surface area contributed by atoms with E-state index >= 15 is 0 Å². The van der Waals surface area contributed by atoms with Crippen LogP contribution in [0.3, 0.4) is 0 Å². The number of piperidine rings is 1. The van der Waals surface area contributed by atoms with E-state index in [1.54, 1.807) is 0 Å². The third kappa shape index (κ3) is 2.60. The van der Waals surface area contributed by atoms with E-state index in [0.717, 1.165) is 44.5 Å². The van der Waals surface area contributed by atoms with Crippen molar-refractivity contribution in [1.29, 1.82) is 0 Å². The number of aliphatic hydroxyl groups excluding tert-OH is 1. The maximum Gasteiger partial charge on any atom is 0.251 e. The largest absolute Gasteiger partial charge is 0.468 e. The van der Waals surface area contributed by atoms with E-state index in [9.17, 15) is 5.11 Å². The predicted octanol–water partition coefficient (Wildman–Crippen LogP) is 2.15. The first kappa shape index (κ1) is 13.7. The molecule has 5 atom stereocenters. The molecule has 5 unspecified atom stereocenters. The standard InChI is InChI=1S/C15H21N3O2S/c19-13-9-18-8-10(13)6-7-12(18)14-15(17-21-16-14)20-11-4-2-1-3-5-11/h2,4,10-13,19H,1,3,5-9H2. The van der Waals surface area contributed by atoms with E-state index in [1.165, 1.54) is 18.1 Å². The van der Waals surface area contributed by atoms with E-state index in [1.807, 2.05) is 0 Å². The molecule has 1 aromatic heterocycles. The van der Waals surface area contributed by atoms with Gasteiger partial charge in [-0.1, -0.05) is 6.08 Å². The maximum atomic E-state index is 10.0. The van der Waals surface area contributed by atoms with Crippen LogP contribution in [0.5, 0.6) is 5.88 Å². The van der Waals surface area contributed by atoms with Gasteiger partial charge >= 0.3 is 0 Å². The van der Waals surface area contributed by atoms with Gasteiger partial charge in [0.25, 0.3) is 5.88 Å². The summed E-state index contributed by atoms with van der Waals surface area (Å²) < 4.78 is 15.0. The third-order valence-electron chi connectivity index (χ3n) is 4.96. The molecular formula is C15H21N3O2S. The number of nitrogens with zero attached hydrogens (tertiary/aromatic N) is 3. The SMILES string of the molecule is OC1CN2CC1CCC2c1nsnc1OC1C=CCCC1. The van der Waals surface area contributed by atoms with Crippen LogP contribution in [0.2, 0.25) is 0 Å². The van der Waals surface area contributed by atoms with Crippen LogP contribution in [0.4, 0.5) is 0 Å². The zero-order valence-corrected chi connectivity index (χ0v) is 12.8. The average Bonchev–Trinajstić information content (AvgIpc) is 3.07. The van der Waals surface area contributed by atoms with Gasteiger partial charge in [0.2, 0.25) is 0 Å². The first-order chi connectivity index (χ1) is 10.3. The summed E-state index contributed by atoms with van der Waals surface area (Å²) >= 11 is 1.24. The topological polar surface area (TPSA) is 58.5 Å². The van der Waals surface area contributed by atoms with Crippen molar-refractivity contribution in [2.75, 3.05) is 13.1 Å².